The van der Waals surface area contributed by atoms with Gasteiger partial charge in [-0.15, -0.1) is 0 Å². The van der Waals surface area contributed by atoms with Gasteiger partial charge in [-0.2, -0.15) is 0 Å². The molecule has 0 aliphatic carbocycles. The molecule has 1 aromatic carbocycles. The zero-order valence-electron chi connectivity index (χ0n) is 15.7. The van der Waals surface area contributed by atoms with E-state index in [-0.39, 0.29) is 11.5 Å². The van der Waals surface area contributed by atoms with E-state index in [4.69, 9.17) is 0 Å². The molecule has 1 aliphatic heterocycles. The van der Waals surface area contributed by atoms with Crippen LogP contribution in [0.15, 0.2) is 36.8 Å². The lowest BCUT2D eigenvalue weighted by Crippen LogP contribution is -2.27. The Labute approximate surface area is 161 Å². The van der Waals surface area contributed by atoms with Crippen LogP contribution in [0, 0.1) is 11.6 Å². The van der Waals surface area contributed by atoms with E-state index in [0.717, 1.165) is 48.4 Å². The fourth-order valence-electron chi connectivity index (χ4n) is 4.52. The van der Waals surface area contributed by atoms with Gasteiger partial charge in [-0.1, -0.05) is 6.92 Å². The zero-order chi connectivity index (χ0) is 19.3. The summed E-state index contributed by atoms with van der Waals surface area (Å²) in [6.07, 6.45) is 7.76. The van der Waals surface area contributed by atoms with Crippen LogP contribution in [0.3, 0.4) is 0 Å². The van der Waals surface area contributed by atoms with Crippen LogP contribution in [0.4, 0.5) is 8.78 Å². The van der Waals surface area contributed by atoms with Gasteiger partial charge in [0.15, 0.2) is 0 Å². The number of nitrogens with one attached hydrogen (secondary N) is 2. The van der Waals surface area contributed by atoms with Crippen molar-refractivity contribution in [2.75, 3.05) is 13.1 Å². The van der Waals surface area contributed by atoms with Crippen LogP contribution in [-0.2, 0) is 6.42 Å². The van der Waals surface area contributed by atoms with Gasteiger partial charge in [0.25, 0.3) is 0 Å². The number of rotatable bonds is 3. The molecule has 0 spiro atoms. The maximum absolute atomic E-state index is 15.6. The number of fused-ring (bicyclic) bond motifs is 2. The van der Waals surface area contributed by atoms with Gasteiger partial charge in [0, 0.05) is 35.1 Å². The quantitative estimate of drug-likeness (QED) is 0.537. The predicted molar refractivity (Wildman–Crippen MR) is 107 cm³/mol. The zero-order valence-corrected chi connectivity index (χ0v) is 15.7. The Bertz CT molecular complexity index is 1170. The van der Waals surface area contributed by atoms with Gasteiger partial charge in [-0.05, 0) is 62.0 Å². The Morgan fingerprint density at radius 3 is 2.82 bits per heavy atom. The summed E-state index contributed by atoms with van der Waals surface area (Å²) >= 11 is 0. The van der Waals surface area contributed by atoms with Crippen molar-refractivity contribution in [1.82, 2.24) is 19.7 Å². The van der Waals surface area contributed by atoms with Crippen molar-refractivity contribution in [2.24, 2.45) is 0 Å². The van der Waals surface area contributed by atoms with E-state index in [1.807, 2.05) is 35.9 Å². The molecule has 0 radical (unpaired) electrons. The van der Waals surface area contributed by atoms with Gasteiger partial charge >= 0.3 is 0 Å². The number of nitrogens with zero attached hydrogens (tertiary/aromatic N) is 2. The first-order chi connectivity index (χ1) is 13.7. The van der Waals surface area contributed by atoms with Crippen molar-refractivity contribution >= 4 is 16.6 Å². The molecule has 5 rings (SSSR count). The van der Waals surface area contributed by atoms with E-state index in [1.54, 1.807) is 6.20 Å². The fourth-order valence-corrected chi connectivity index (χ4v) is 4.52. The molecule has 0 bridgehead atoms. The van der Waals surface area contributed by atoms with Crippen molar-refractivity contribution in [3.63, 3.8) is 0 Å². The molecule has 3 aromatic heterocycles. The summed E-state index contributed by atoms with van der Waals surface area (Å²) in [5.74, 6) is -0.918. The molecule has 144 valence electrons. The highest BCUT2D eigenvalue weighted by molar-refractivity contribution is 5.92. The number of piperidine rings is 1. The highest BCUT2D eigenvalue weighted by Gasteiger charge is 2.27. The summed E-state index contributed by atoms with van der Waals surface area (Å²) in [4.78, 5) is 7.54. The van der Waals surface area contributed by atoms with E-state index in [2.05, 4.69) is 15.3 Å². The maximum Gasteiger partial charge on any atom is 0.139 e. The molecule has 6 heteroatoms. The summed E-state index contributed by atoms with van der Waals surface area (Å²) in [7, 11) is 0. The van der Waals surface area contributed by atoms with Crippen LogP contribution in [-0.4, -0.2) is 27.5 Å². The molecule has 1 fully saturated rings. The number of imidazole rings is 1. The fraction of sp³-hybridized carbons (Fsp3) is 0.318. The second-order valence-corrected chi connectivity index (χ2v) is 7.48. The largest absolute Gasteiger partial charge is 0.354 e. The van der Waals surface area contributed by atoms with Crippen LogP contribution in [0.2, 0.25) is 0 Å². The van der Waals surface area contributed by atoms with Crippen LogP contribution >= 0.6 is 0 Å². The molecule has 2 N–H and O–H groups in total. The molecular weight excluding hydrogens is 358 g/mol. The molecule has 28 heavy (non-hydrogen) atoms. The number of aryl methyl sites for hydroxylation is 1. The van der Waals surface area contributed by atoms with E-state index >= 15 is 4.39 Å². The lowest BCUT2D eigenvalue weighted by molar-refractivity contribution is 0.429. The molecule has 0 atom stereocenters. The first-order valence-corrected chi connectivity index (χ1v) is 9.83. The summed E-state index contributed by atoms with van der Waals surface area (Å²) < 4.78 is 32.4. The van der Waals surface area contributed by atoms with Gasteiger partial charge in [-0.25, -0.2) is 13.8 Å². The standard InChI is InChI=1S/C22H22F2N4/c1-2-15-20-17(11-16(23)19(21(20)24)13-5-7-25-8-6-13)27-22(15)14-3-4-18-26-9-10-28(18)12-14/h3-4,9-13,25,27H,2,5-8H2,1H3. The van der Waals surface area contributed by atoms with E-state index in [1.165, 1.54) is 6.07 Å². The summed E-state index contributed by atoms with van der Waals surface area (Å²) in [6.45, 7) is 3.60. The number of halogens is 2. The normalized spacial score (nSPS) is 15.7. The summed E-state index contributed by atoms with van der Waals surface area (Å²) in [5, 5.41) is 3.79. The number of benzene rings is 1. The second-order valence-electron chi connectivity index (χ2n) is 7.48. The summed E-state index contributed by atoms with van der Waals surface area (Å²) in [6, 6.07) is 5.36. The molecule has 0 amide bonds. The van der Waals surface area contributed by atoms with Gasteiger partial charge in [0.1, 0.15) is 17.3 Å². The number of aromatic nitrogens is 3. The van der Waals surface area contributed by atoms with Crippen LogP contribution in [0.1, 0.15) is 36.8 Å². The Balaban J connectivity index is 1.72. The number of aromatic amines is 1. The molecule has 0 saturated carbocycles. The lowest BCUT2D eigenvalue weighted by Gasteiger charge is -2.24. The maximum atomic E-state index is 15.6. The molecule has 1 aliphatic rings. The highest BCUT2D eigenvalue weighted by atomic mass is 19.1. The van der Waals surface area contributed by atoms with Gasteiger partial charge in [0.2, 0.25) is 0 Å². The minimum Gasteiger partial charge on any atom is -0.354 e. The molecule has 4 heterocycles. The molecule has 1 saturated heterocycles. The van der Waals surface area contributed by atoms with Crippen molar-refractivity contribution in [1.29, 1.82) is 0 Å². The van der Waals surface area contributed by atoms with Crippen molar-refractivity contribution < 1.29 is 8.78 Å². The third-order valence-corrected chi connectivity index (χ3v) is 5.90. The molecule has 0 unspecified atom stereocenters. The van der Waals surface area contributed by atoms with Crippen LogP contribution in [0.25, 0.3) is 27.8 Å². The average Bonchev–Trinajstić information content (AvgIpc) is 3.32. The monoisotopic (exact) mass is 380 g/mol. The Hall–Kier alpha value is -2.73. The Morgan fingerprint density at radius 1 is 1.21 bits per heavy atom. The number of H-pyrrole nitrogens is 1. The highest BCUT2D eigenvalue weighted by Crippen LogP contribution is 2.38. The minimum atomic E-state index is -0.447. The first kappa shape index (κ1) is 17.4. The Morgan fingerprint density at radius 2 is 2.04 bits per heavy atom. The van der Waals surface area contributed by atoms with E-state index < -0.39 is 11.6 Å². The van der Waals surface area contributed by atoms with Gasteiger partial charge in [-0.3, -0.25) is 0 Å². The third-order valence-electron chi connectivity index (χ3n) is 5.90. The van der Waals surface area contributed by atoms with Crippen molar-refractivity contribution in [3.05, 3.63) is 59.6 Å². The third kappa shape index (κ3) is 2.63. The van der Waals surface area contributed by atoms with Crippen LogP contribution in [0.5, 0.6) is 0 Å². The smallest absolute Gasteiger partial charge is 0.139 e. The molecule has 4 aromatic rings. The number of hydrogen-bond donors (Lipinski definition) is 2. The van der Waals surface area contributed by atoms with E-state index in [0.29, 0.717) is 17.3 Å². The SMILES string of the molecule is CCc1c(-c2ccc3nccn3c2)[nH]c2cc(F)c(C3CCNCC3)c(F)c12. The van der Waals surface area contributed by atoms with Gasteiger partial charge < -0.3 is 14.7 Å². The number of pyridine rings is 1. The molecular formula is C22H22F2N4. The lowest BCUT2D eigenvalue weighted by atomic mass is 9.88. The summed E-state index contributed by atoms with van der Waals surface area (Å²) in [5.41, 5.74) is 4.28. The Kier molecular flexibility index (Phi) is 4.16. The van der Waals surface area contributed by atoms with Crippen molar-refractivity contribution in [2.45, 2.75) is 32.1 Å². The van der Waals surface area contributed by atoms with Crippen LogP contribution < -0.4 is 5.32 Å². The predicted octanol–water partition coefficient (Wildman–Crippen LogP) is 4.79. The van der Waals surface area contributed by atoms with E-state index in [9.17, 15) is 4.39 Å². The van der Waals surface area contributed by atoms with Gasteiger partial charge in [0.05, 0.1) is 11.2 Å². The molecule has 4 nitrogen and oxygen atoms in total. The average molecular weight is 380 g/mol. The topological polar surface area (TPSA) is 45.1 Å². The van der Waals surface area contributed by atoms with Crippen molar-refractivity contribution in [3.8, 4) is 11.3 Å². The second kappa shape index (κ2) is 6.71. The number of hydrogen-bond acceptors (Lipinski definition) is 2. The first-order valence-electron chi connectivity index (χ1n) is 9.83. The minimum absolute atomic E-state index is 0.0731.